The molecule has 0 aliphatic heterocycles. The smallest absolute Gasteiger partial charge is 0.199 e. The number of aromatic nitrogens is 2. The molecule has 3 heteroatoms. The summed E-state index contributed by atoms with van der Waals surface area (Å²) in [7, 11) is 0. The SMILES string of the molecule is CCNc1ccn[c]n1. The van der Waals surface area contributed by atoms with Crippen LogP contribution in [0.15, 0.2) is 12.3 Å². The quantitative estimate of drug-likeness (QED) is 0.627. The normalized spacial score (nSPS) is 9.00. The molecule has 0 bridgehead atoms. The molecule has 1 aromatic rings. The molecule has 0 fully saturated rings. The third-order valence-corrected chi connectivity index (χ3v) is 0.893. The molecule has 0 saturated heterocycles. The molecule has 0 aliphatic carbocycles. The fourth-order valence-electron chi connectivity index (χ4n) is 0.541. The first-order valence-electron chi connectivity index (χ1n) is 2.86. The molecule has 47 valence electrons. The number of rotatable bonds is 2. The van der Waals surface area contributed by atoms with Gasteiger partial charge in [-0.05, 0) is 13.0 Å². The highest BCUT2D eigenvalue weighted by Gasteiger charge is 1.84. The predicted octanol–water partition coefficient (Wildman–Crippen LogP) is 0.709. The zero-order valence-electron chi connectivity index (χ0n) is 5.26. The Morgan fingerprint density at radius 3 is 3.22 bits per heavy atom. The first kappa shape index (κ1) is 6.01. The lowest BCUT2D eigenvalue weighted by Crippen LogP contribution is -1.98. The highest BCUT2D eigenvalue weighted by molar-refractivity contribution is 5.30. The van der Waals surface area contributed by atoms with Crippen LogP contribution >= 0.6 is 0 Å². The Morgan fingerprint density at radius 2 is 2.67 bits per heavy atom. The van der Waals surface area contributed by atoms with Crippen molar-refractivity contribution in [2.45, 2.75) is 6.92 Å². The maximum atomic E-state index is 3.82. The van der Waals surface area contributed by atoms with E-state index in [-0.39, 0.29) is 0 Å². The van der Waals surface area contributed by atoms with E-state index in [2.05, 4.69) is 21.6 Å². The van der Waals surface area contributed by atoms with E-state index in [1.165, 1.54) is 0 Å². The van der Waals surface area contributed by atoms with Crippen molar-refractivity contribution in [1.29, 1.82) is 0 Å². The molecule has 0 spiro atoms. The van der Waals surface area contributed by atoms with E-state index < -0.39 is 0 Å². The second kappa shape index (κ2) is 3.02. The molecule has 0 aliphatic rings. The lowest BCUT2D eigenvalue weighted by molar-refractivity contribution is 1.10. The van der Waals surface area contributed by atoms with Gasteiger partial charge < -0.3 is 5.32 Å². The van der Waals surface area contributed by atoms with Gasteiger partial charge in [-0.25, -0.2) is 9.97 Å². The first-order valence-corrected chi connectivity index (χ1v) is 2.86. The van der Waals surface area contributed by atoms with E-state index in [1.54, 1.807) is 12.3 Å². The Hall–Kier alpha value is -1.12. The van der Waals surface area contributed by atoms with Crippen LogP contribution in [0, 0.1) is 6.33 Å². The van der Waals surface area contributed by atoms with Crippen molar-refractivity contribution < 1.29 is 0 Å². The summed E-state index contributed by atoms with van der Waals surface area (Å²) in [6.45, 7) is 2.90. The third-order valence-electron chi connectivity index (χ3n) is 0.893. The first-order chi connectivity index (χ1) is 4.43. The third kappa shape index (κ3) is 1.68. The van der Waals surface area contributed by atoms with E-state index >= 15 is 0 Å². The van der Waals surface area contributed by atoms with E-state index in [4.69, 9.17) is 0 Å². The van der Waals surface area contributed by atoms with Crippen LogP contribution in [-0.4, -0.2) is 16.5 Å². The molecule has 1 aromatic heterocycles. The van der Waals surface area contributed by atoms with E-state index in [0.717, 1.165) is 12.4 Å². The van der Waals surface area contributed by atoms with Gasteiger partial charge in [0.2, 0.25) is 0 Å². The number of nitrogens with zero attached hydrogens (tertiary/aromatic N) is 2. The number of nitrogens with one attached hydrogen (secondary N) is 1. The second-order valence-electron chi connectivity index (χ2n) is 1.57. The average molecular weight is 122 g/mol. The standard InChI is InChI=1S/C6H8N3/c1-2-8-6-3-4-7-5-9-6/h3-4H,2H2,1H3,(H,7,8,9). The molecule has 0 unspecified atom stereocenters. The summed E-state index contributed by atoms with van der Waals surface area (Å²) in [5.74, 6) is 0.826. The van der Waals surface area contributed by atoms with Crippen LogP contribution in [0.1, 0.15) is 6.92 Å². The Bertz CT molecular complexity index is 161. The van der Waals surface area contributed by atoms with Gasteiger partial charge in [-0.2, -0.15) is 0 Å². The summed E-state index contributed by atoms with van der Waals surface area (Å²) < 4.78 is 0. The Balaban J connectivity index is 2.61. The monoisotopic (exact) mass is 122 g/mol. The Labute approximate surface area is 54.2 Å². The summed E-state index contributed by atoms with van der Waals surface area (Å²) in [6.07, 6.45) is 4.14. The maximum Gasteiger partial charge on any atom is 0.199 e. The van der Waals surface area contributed by atoms with Gasteiger partial charge in [-0.1, -0.05) is 0 Å². The van der Waals surface area contributed by atoms with Crippen molar-refractivity contribution in [3.8, 4) is 0 Å². The van der Waals surface area contributed by atoms with Crippen LogP contribution in [-0.2, 0) is 0 Å². The zero-order chi connectivity index (χ0) is 6.53. The average Bonchev–Trinajstić information content (AvgIpc) is 1.91. The molecule has 1 N–H and O–H groups in total. The molecule has 0 aromatic carbocycles. The minimum atomic E-state index is 0.826. The number of hydrogen-bond acceptors (Lipinski definition) is 3. The van der Waals surface area contributed by atoms with E-state index in [1.807, 2.05) is 6.92 Å². The van der Waals surface area contributed by atoms with Gasteiger partial charge in [0.1, 0.15) is 5.82 Å². The van der Waals surface area contributed by atoms with Gasteiger partial charge in [-0.15, -0.1) is 0 Å². The predicted molar refractivity (Wildman–Crippen MR) is 35.0 cm³/mol. The van der Waals surface area contributed by atoms with Crippen LogP contribution in [0.5, 0.6) is 0 Å². The van der Waals surface area contributed by atoms with Gasteiger partial charge in [-0.3, -0.25) is 0 Å². The highest BCUT2D eigenvalue weighted by atomic mass is 15.0. The molecule has 1 radical (unpaired) electrons. The maximum absolute atomic E-state index is 3.82. The van der Waals surface area contributed by atoms with Crippen molar-refractivity contribution in [1.82, 2.24) is 9.97 Å². The minimum Gasteiger partial charge on any atom is -0.370 e. The summed E-state index contributed by atoms with van der Waals surface area (Å²) in [5.41, 5.74) is 0. The largest absolute Gasteiger partial charge is 0.370 e. The van der Waals surface area contributed by atoms with Gasteiger partial charge >= 0.3 is 0 Å². The molecule has 0 amide bonds. The van der Waals surface area contributed by atoms with Gasteiger partial charge in [0.25, 0.3) is 0 Å². The molecule has 1 heterocycles. The van der Waals surface area contributed by atoms with Crippen LogP contribution in [0.25, 0.3) is 0 Å². The van der Waals surface area contributed by atoms with Gasteiger partial charge in [0, 0.05) is 12.7 Å². The minimum absolute atomic E-state index is 0.826. The molecule has 3 nitrogen and oxygen atoms in total. The Morgan fingerprint density at radius 1 is 1.78 bits per heavy atom. The zero-order valence-corrected chi connectivity index (χ0v) is 5.26. The number of anilines is 1. The van der Waals surface area contributed by atoms with Crippen molar-refractivity contribution >= 4 is 5.82 Å². The van der Waals surface area contributed by atoms with Crippen LogP contribution in [0.2, 0.25) is 0 Å². The van der Waals surface area contributed by atoms with Crippen LogP contribution < -0.4 is 5.32 Å². The summed E-state index contributed by atoms with van der Waals surface area (Å²) >= 11 is 0. The Kier molecular flexibility index (Phi) is 2.01. The van der Waals surface area contributed by atoms with Crippen molar-refractivity contribution in [3.05, 3.63) is 18.6 Å². The summed E-state index contributed by atoms with van der Waals surface area (Å²) in [5, 5.41) is 3.03. The molecule has 9 heavy (non-hydrogen) atoms. The molecular formula is C6H8N3. The van der Waals surface area contributed by atoms with Gasteiger partial charge in [0.05, 0.1) is 0 Å². The lowest BCUT2D eigenvalue weighted by Gasteiger charge is -1.96. The molecule has 0 saturated carbocycles. The topological polar surface area (TPSA) is 37.8 Å². The fourth-order valence-corrected chi connectivity index (χ4v) is 0.541. The van der Waals surface area contributed by atoms with Crippen molar-refractivity contribution in [2.75, 3.05) is 11.9 Å². The lowest BCUT2D eigenvalue weighted by atomic mass is 10.6. The molecule has 0 atom stereocenters. The summed E-state index contributed by atoms with van der Waals surface area (Å²) in [4.78, 5) is 7.47. The van der Waals surface area contributed by atoms with Crippen LogP contribution in [0.3, 0.4) is 0 Å². The fraction of sp³-hybridized carbons (Fsp3) is 0.333. The molecule has 1 rings (SSSR count). The van der Waals surface area contributed by atoms with Crippen LogP contribution in [0.4, 0.5) is 5.82 Å². The highest BCUT2D eigenvalue weighted by Crippen LogP contribution is 1.94. The van der Waals surface area contributed by atoms with Gasteiger partial charge in [0.15, 0.2) is 6.33 Å². The summed E-state index contributed by atoms with van der Waals surface area (Å²) in [6, 6.07) is 1.81. The molecular weight excluding hydrogens is 114 g/mol. The number of hydrogen-bond donors (Lipinski definition) is 1. The second-order valence-corrected chi connectivity index (χ2v) is 1.57. The van der Waals surface area contributed by atoms with E-state index in [0.29, 0.717) is 0 Å². The van der Waals surface area contributed by atoms with Crippen molar-refractivity contribution in [2.24, 2.45) is 0 Å². The van der Waals surface area contributed by atoms with Crippen molar-refractivity contribution in [3.63, 3.8) is 0 Å². The van der Waals surface area contributed by atoms with E-state index in [9.17, 15) is 0 Å².